The maximum Gasteiger partial charge on any atom is 0.181 e. The smallest absolute Gasteiger partial charge is 0.181 e. The molecule has 0 bridgehead atoms. The van der Waals surface area contributed by atoms with Crippen molar-refractivity contribution in [3.63, 3.8) is 0 Å². The monoisotopic (exact) mass is 312 g/mol. The summed E-state index contributed by atoms with van der Waals surface area (Å²) in [4.78, 5) is 0.389. The molecule has 0 amide bonds. The highest BCUT2D eigenvalue weighted by atomic mass is 32.2. The van der Waals surface area contributed by atoms with Crippen LogP contribution in [-0.2, 0) is 9.84 Å². The Morgan fingerprint density at radius 2 is 1.65 bits per heavy atom. The number of benzene rings is 1. The van der Waals surface area contributed by atoms with Gasteiger partial charge >= 0.3 is 0 Å². The van der Waals surface area contributed by atoms with Crippen molar-refractivity contribution in [3.8, 4) is 0 Å². The lowest BCUT2D eigenvalue weighted by Gasteiger charge is -2.58. The summed E-state index contributed by atoms with van der Waals surface area (Å²) in [5.74, 6) is 0. The highest BCUT2D eigenvalue weighted by Crippen LogP contribution is 2.55. The Hall–Kier alpha value is -0.653. The molecular weight excluding hydrogens is 288 g/mol. The van der Waals surface area contributed by atoms with Crippen molar-refractivity contribution in [2.45, 2.75) is 60.7 Å². The van der Waals surface area contributed by atoms with Crippen molar-refractivity contribution in [2.24, 2.45) is 0 Å². The molecule has 0 heterocycles. The molecule has 1 aromatic rings. The largest absolute Gasteiger partial charge is 0.390 e. The number of hydrogen-bond donors (Lipinski definition) is 1. The predicted molar refractivity (Wildman–Crippen MR) is 84.2 cm³/mol. The third-order valence-corrected chi connectivity index (χ3v) is 12.8. The molecule has 0 atom stereocenters. The molecule has 1 saturated carbocycles. The first-order chi connectivity index (χ1) is 9.08. The van der Waals surface area contributed by atoms with E-state index in [9.17, 15) is 13.5 Å². The number of aliphatic hydroxyl groups is 1. The van der Waals surface area contributed by atoms with Gasteiger partial charge < -0.3 is 5.11 Å². The summed E-state index contributed by atoms with van der Waals surface area (Å²) in [5, 5.41) is 10.4. The molecule has 1 aliphatic carbocycles. The fourth-order valence-electron chi connectivity index (χ4n) is 3.21. The van der Waals surface area contributed by atoms with Gasteiger partial charge in [-0.3, -0.25) is 0 Å². The van der Waals surface area contributed by atoms with Gasteiger partial charge in [0, 0.05) is 0 Å². The summed E-state index contributed by atoms with van der Waals surface area (Å²) in [5.41, 5.74) is -0.803. The molecule has 1 aliphatic rings. The van der Waals surface area contributed by atoms with E-state index >= 15 is 0 Å². The maximum absolute atomic E-state index is 13.1. The van der Waals surface area contributed by atoms with E-state index in [-0.39, 0.29) is 0 Å². The van der Waals surface area contributed by atoms with Crippen molar-refractivity contribution < 1.29 is 13.5 Å². The Morgan fingerprint density at radius 3 is 2.05 bits per heavy atom. The Morgan fingerprint density at radius 1 is 1.15 bits per heavy atom. The molecule has 3 nitrogen and oxygen atoms in total. The Kier molecular flexibility index (Phi) is 3.68. The average Bonchev–Trinajstić information content (AvgIpc) is 2.34. The second-order valence-corrected chi connectivity index (χ2v) is 15.1. The highest BCUT2D eigenvalue weighted by molar-refractivity contribution is 7.95. The first-order valence-electron chi connectivity index (χ1n) is 7.10. The van der Waals surface area contributed by atoms with E-state index in [1.54, 1.807) is 24.3 Å². The van der Waals surface area contributed by atoms with Crippen LogP contribution in [0.5, 0.6) is 0 Å². The van der Waals surface area contributed by atoms with Crippen molar-refractivity contribution >= 4 is 17.9 Å². The third kappa shape index (κ3) is 2.16. The minimum atomic E-state index is -3.40. The highest BCUT2D eigenvalue weighted by Gasteiger charge is 2.66. The number of sulfone groups is 1. The van der Waals surface area contributed by atoms with Crippen LogP contribution >= 0.6 is 0 Å². The molecule has 20 heavy (non-hydrogen) atoms. The zero-order chi connectivity index (χ0) is 15.2. The summed E-state index contributed by atoms with van der Waals surface area (Å²) in [6.45, 7) is 8.18. The van der Waals surface area contributed by atoms with Gasteiger partial charge in [-0.1, -0.05) is 44.8 Å². The Bertz CT molecular complexity index is 581. The van der Waals surface area contributed by atoms with Gasteiger partial charge in [-0.25, -0.2) is 8.42 Å². The SMILES string of the molecule is CCC1(O)CC([Si](C)(C)C)(S(=O)(=O)c2ccccc2)C1. The van der Waals surface area contributed by atoms with E-state index in [4.69, 9.17) is 0 Å². The summed E-state index contributed by atoms with van der Waals surface area (Å²) >= 11 is 0. The zero-order valence-electron chi connectivity index (χ0n) is 12.7. The third-order valence-electron chi connectivity index (χ3n) is 4.82. The van der Waals surface area contributed by atoms with Crippen LogP contribution in [-0.4, -0.2) is 31.6 Å². The topological polar surface area (TPSA) is 54.4 Å². The Labute approximate surface area is 123 Å². The lowest BCUT2D eigenvalue weighted by atomic mass is 9.77. The zero-order valence-corrected chi connectivity index (χ0v) is 14.5. The normalized spacial score (nSPS) is 30.9. The first-order valence-corrected chi connectivity index (χ1v) is 12.1. The van der Waals surface area contributed by atoms with E-state index in [2.05, 4.69) is 19.6 Å². The standard InChI is InChI=1S/C15H24O3SSi/c1-5-14(16)11-15(12-14,20(2,3)4)19(17,18)13-9-7-6-8-10-13/h6-10,16H,5,11-12H2,1-4H3. The van der Waals surface area contributed by atoms with Crippen LogP contribution in [0.25, 0.3) is 0 Å². The van der Waals surface area contributed by atoms with Crippen LogP contribution in [0, 0.1) is 0 Å². The van der Waals surface area contributed by atoms with E-state index < -0.39 is 27.9 Å². The van der Waals surface area contributed by atoms with Crippen LogP contribution in [0.4, 0.5) is 0 Å². The van der Waals surface area contributed by atoms with E-state index in [1.807, 2.05) is 13.0 Å². The average molecular weight is 313 g/mol. The van der Waals surface area contributed by atoms with Crippen LogP contribution in [0.1, 0.15) is 26.2 Å². The van der Waals surface area contributed by atoms with Crippen LogP contribution < -0.4 is 0 Å². The van der Waals surface area contributed by atoms with Crippen LogP contribution in [0.3, 0.4) is 0 Å². The predicted octanol–water partition coefficient (Wildman–Crippen LogP) is 3.01. The summed E-state index contributed by atoms with van der Waals surface area (Å²) in [6.07, 6.45) is 1.37. The van der Waals surface area contributed by atoms with Gasteiger partial charge in [-0.15, -0.1) is 0 Å². The molecule has 1 aromatic carbocycles. The van der Waals surface area contributed by atoms with Gasteiger partial charge in [0.25, 0.3) is 0 Å². The van der Waals surface area contributed by atoms with E-state index in [0.717, 1.165) is 0 Å². The molecule has 5 heteroatoms. The molecule has 112 valence electrons. The van der Waals surface area contributed by atoms with Crippen LogP contribution in [0.15, 0.2) is 35.2 Å². The van der Waals surface area contributed by atoms with E-state index in [1.165, 1.54) is 0 Å². The van der Waals surface area contributed by atoms with Crippen molar-refractivity contribution in [1.82, 2.24) is 0 Å². The van der Waals surface area contributed by atoms with Gasteiger partial charge in [-0.05, 0) is 31.4 Å². The molecule has 1 fully saturated rings. The number of hydrogen-bond acceptors (Lipinski definition) is 3. The van der Waals surface area contributed by atoms with Crippen molar-refractivity contribution in [2.75, 3.05) is 0 Å². The fourth-order valence-corrected chi connectivity index (χ4v) is 10.4. The second-order valence-electron chi connectivity index (χ2n) is 6.99. The molecule has 0 radical (unpaired) electrons. The fraction of sp³-hybridized carbons (Fsp3) is 0.600. The lowest BCUT2D eigenvalue weighted by molar-refractivity contribution is -0.0459. The quantitative estimate of drug-likeness (QED) is 0.870. The van der Waals surface area contributed by atoms with Gasteiger partial charge in [0.15, 0.2) is 9.84 Å². The maximum atomic E-state index is 13.1. The van der Waals surface area contributed by atoms with Crippen LogP contribution in [0.2, 0.25) is 19.6 Å². The molecule has 1 N–H and O–H groups in total. The molecule has 0 unspecified atom stereocenters. The molecule has 0 saturated heterocycles. The summed E-state index contributed by atoms with van der Waals surface area (Å²) in [7, 11) is -5.40. The van der Waals surface area contributed by atoms with Gasteiger partial charge in [0.05, 0.1) is 22.9 Å². The molecule has 0 aromatic heterocycles. The van der Waals surface area contributed by atoms with E-state index in [0.29, 0.717) is 24.2 Å². The molecular formula is C15H24O3SSi. The number of rotatable bonds is 4. The van der Waals surface area contributed by atoms with Crippen molar-refractivity contribution in [3.05, 3.63) is 30.3 Å². The minimum Gasteiger partial charge on any atom is -0.390 e. The summed E-state index contributed by atoms with van der Waals surface area (Å²) in [6, 6.07) is 8.68. The van der Waals surface area contributed by atoms with Crippen molar-refractivity contribution in [1.29, 1.82) is 0 Å². The van der Waals surface area contributed by atoms with Gasteiger partial charge in [0.1, 0.15) is 0 Å². The molecule has 2 rings (SSSR count). The molecule has 0 aliphatic heterocycles. The van der Waals surface area contributed by atoms with Gasteiger partial charge in [0.2, 0.25) is 0 Å². The second kappa shape index (κ2) is 4.68. The van der Waals surface area contributed by atoms with Gasteiger partial charge in [-0.2, -0.15) is 0 Å². The first kappa shape index (κ1) is 15.7. The molecule has 0 spiro atoms. The summed E-state index contributed by atoms with van der Waals surface area (Å²) < 4.78 is 25.5. The lowest BCUT2D eigenvalue weighted by Crippen LogP contribution is -2.71. The Balaban J connectivity index is 2.51. The minimum absolute atomic E-state index is 0.378.